The standard InChI is InChI=1S/C52H32N2S/c1-2-12-39-33(10-1)11-9-16-40(39)34-20-24-37(25-21-34)53-47-17-6-3-13-41(47)44-30-35(22-27-49(44)53)36-23-28-50-45(31-36)42-14-4-7-18-48(42)54(50)38-26-29-52-46(32-38)43-15-5-8-19-51(43)55-52/h1-32H. The van der Waals surface area contributed by atoms with E-state index in [0.29, 0.717) is 0 Å². The number of aromatic nitrogens is 2. The van der Waals surface area contributed by atoms with E-state index in [2.05, 4.69) is 203 Å². The minimum atomic E-state index is 1.16. The summed E-state index contributed by atoms with van der Waals surface area (Å²) in [5.41, 5.74) is 12.1. The Labute approximate surface area is 321 Å². The highest BCUT2D eigenvalue weighted by molar-refractivity contribution is 7.25. The summed E-state index contributed by atoms with van der Waals surface area (Å²) in [5, 5.41) is 10.2. The van der Waals surface area contributed by atoms with E-state index in [-0.39, 0.29) is 0 Å². The molecule has 55 heavy (non-hydrogen) atoms. The van der Waals surface area contributed by atoms with Crippen LogP contribution in [-0.4, -0.2) is 9.13 Å². The Balaban J connectivity index is 0.983. The Morgan fingerprint density at radius 3 is 1.51 bits per heavy atom. The maximum atomic E-state index is 2.43. The maximum absolute atomic E-state index is 2.43. The molecule has 0 saturated carbocycles. The molecule has 12 aromatic rings. The van der Waals surface area contributed by atoms with Gasteiger partial charge in [0.15, 0.2) is 0 Å². The molecule has 0 atom stereocenters. The molecule has 0 aliphatic carbocycles. The second-order valence-electron chi connectivity index (χ2n) is 14.5. The molecule has 0 fully saturated rings. The molecule has 3 heterocycles. The molecule has 2 nitrogen and oxygen atoms in total. The van der Waals surface area contributed by atoms with Crippen molar-refractivity contribution < 1.29 is 0 Å². The third kappa shape index (κ3) is 4.60. The van der Waals surface area contributed by atoms with Crippen molar-refractivity contribution in [3.63, 3.8) is 0 Å². The Kier molecular flexibility index (Phi) is 6.54. The second kappa shape index (κ2) is 11.8. The highest BCUT2D eigenvalue weighted by Crippen LogP contribution is 2.40. The number of hydrogen-bond acceptors (Lipinski definition) is 1. The summed E-state index contributed by atoms with van der Waals surface area (Å²) >= 11 is 1.86. The van der Waals surface area contributed by atoms with E-state index in [1.165, 1.54) is 102 Å². The van der Waals surface area contributed by atoms with Crippen LogP contribution in [0, 0.1) is 0 Å². The molecular formula is C52H32N2S. The minimum Gasteiger partial charge on any atom is -0.309 e. The van der Waals surface area contributed by atoms with Gasteiger partial charge in [-0.15, -0.1) is 11.3 Å². The molecule has 9 aromatic carbocycles. The summed E-state index contributed by atoms with van der Waals surface area (Å²) in [4.78, 5) is 0. The van der Waals surface area contributed by atoms with E-state index >= 15 is 0 Å². The minimum absolute atomic E-state index is 1.16. The summed E-state index contributed by atoms with van der Waals surface area (Å²) in [7, 11) is 0. The molecular weight excluding hydrogens is 685 g/mol. The van der Waals surface area contributed by atoms with Gasteiger partial charge in [-0.2, -0.15) is 0 Å². The zero-order valence-electron chi connectivity index (χ0n) is 29.8. The van der Waals surface area contributed by atoms with E-state index in [1.807, 2.05) is 11.3 Å². The predicted octanol–water partition coefficient (Wildman–Crippen LogP) is 14.7. The molecule has 0 saturated heterocycles. The lowest BCUT2D eigenvalue weighted by Gasteiger charge is -2.11. The summed E-state index contributed by atoms with van der Waals surface area (Å²) in [6.07, 6.45) is 0. The molecule has 12 rings (SSSR count). The quantitative estimate of drug-likeness (QED) is 0.172. The fourth-order valence-electron chi connectivity index (χ4n) is 8.98. The van der Waals surface area contributed by atoms with Crippen LogP contribution in [0.3, 0.4) is 0 Å². The summed E-state index contributed by atoms with van der Waals surface area (Å²) in [5.74, 6) is 0. The van der Waals surface area contributed by atoms with Gasteiger partial charge in [0.25, 0.3) is 0 Å². The van der Waals surface area contributed by atoms with Crippen LogP contribution in [0.15, 0.2) is 194 Å². The SMILES string of the molecule is c1ccc2c(-c3ccc(-n4c5ccccc5c5cc(-c6ccc7c(c6)c6ccccc6n7-c6ccc7sc8ccccc8c7c6)ccc54)cc3)cccc2c1. The predicted molar refractivity (Wildman–Crippen MR) is 236 cm³/mol. The molecule has 3 heteroatoms. The fraction of sp³-hybridized carbons (Fsp3) is 0. The van der Waals surface area contributed by atoms with E-state index in [1.54, 1.807) is 0 Å². The molecule has 3 aromatic heterocycles. The average molecular weight is 717 g/mol. The number of hydrogen-bond donors (Lipinski definition) is 0. The van der Waals surface area contributed by atoms with Crippen LogP contribution in [0.4, 0.5) is 0 Å². The number of nitrogens with zero attached hydrogens (tertiary/aromatic N) is 2. The summed E-state index contributed by atoms with van der Waals surface area (Å²) in [6.45, 7) is 0. The zero-order valence-corrected chi connectivity index (χ0v) is 30.6. The van der Waals surface area contributed by atoms with Crippen molar-refractivity contribution >= 4 is 85.9 Å². The van der Waals surface area contributed by atoms with Gasteiger partial charge in [-0.25, -0.2) is 0 Å². The number of para-hydroxylation sites is 2. The molecule has 0 aliphatic rings. The van der Waals surface area contributed by atoms with Crippen molar-refractivity contribution in [1.82, 2.24) is 9.13 Å². The first-order valence-electron chi connectivity index (χ1n) is 18.8. The third-order valence-corrected chi connectivity index (χ3v) is 12.7. The van der Waals surface area contributed by atoms with E-state index in [0.717, 1.165) is 5.69 Å². The number of fused-ring (bicyclic) bond motifs is 10. The highest BCUT2D eigenvalue weighted by Gasteiger charge is 2.17. The lowest BCUT2D eigenvalue weighted by Crippen LogP contribution is -1.94. The average Bonchev–Trinajstić information content (AvgIpc) is 3.90. The van der Waals surface area contributed by atoms with Crippen LogP contribution in [0.5, 0.6) is 0 Å². The Hall–Kier alpha value is -6.94. The van der Waals surface area contributed by atoms with Crippen molar-refractivity contribution in [3.8, 4) is 33.6 Å². The Morgan fingerprint density at radius 1 is 0.291 bits per heavy atom. The Morgan fingerprint density at radius 2 is 0.800 bits per heavy atom. The maximum Gasteiger partial charge on any atom is 0.0541 e. The number of thiophene rings is 1. The van der Waals surface area contributed by atoms with Crippen LogP contribution in [-0.2, 0) is 0 Å². The van der Waals surface area contributed by atoms with Gasteiger partial charge in [0.1, 0.15) is 0 Å². The molecule has 0 radical (unpaired) electrons. The van der Waals surface area contributed by atoms with E-state index in [4.69, 9.17) is 0 Å². The highest BCUT2D eigenvalue weighted by atomic mass is 32.1. The van der Waals surface area contributed by atoms with Crippen molar-refractivity contribution in [2.45, 2.75) is 0 Å². The van der Waals surface area contributed by atoms with Gasteiger partial charge in [-0.3, -0.25) is 0 Å². The second-order valence-corrected chi connectivity index (χ2v) is 15.6. The van der Waals surface area contributed by atoms with Crippen LogP contribution >= 0.6 is 11.3 Å². The molecule has 0 amide bonds. The first kappa shape index (κ1) is 30.5. The largest absolute Gasteiger partial charge is 0.309 e. The third-order valence-electron chi connectivity index (χ3n) is 11.5. The van der Waals surface area contributed by atoms with Crippen LogP contribution in [0.25, 0.3) is 108 Å². The zero-order chi connectivity index (χ0) is 36.0. The van der Waals surface area contributed by atoms with E-state index < -0.39 is 0 Å². The smallest absolute Gasteiger partial charge is 0.0541 e. The normalized spacial score (nSPS) is 12.0. The summed E-state index contributed by atoms with van der Waals surface area (Å²) < 4.78 is 7.49. The van der Waals surface area contributed by atoms with Gasteiger partial charge < -0.3 is 9.13 Å². The van der Waals surface area contributed by atoms with Crippen molar-refractivity contribution in [2.24, 2.45) is 0 Å². The van der Waals surface area contributed by atoms with Crippen molar-refractivity contribution in [2.75, 3.05) is 0 Å². The molecule has 0 bridgehead atoms. The van der Waals surface area contributed by atoms with Gasteiger partial charge in [-0.1, -0.05) is 121 Å². The van der Waals surface area contributed by atoms with Gasteiger partial charge in [0.2, 0.25) is 0 Å². The monoisotopic (exact) mass is 716 g/mol. The Bertz CT molecular complexity index is 3480. The molecule has 0 spiro atoms. The van der Waals surface area contributed by atoms with Gasteiger partial charge >= 0.3 is 0 Å². The van der Waals surface area contributed by atoms with Crippen LogP contribution < -0.4 is 0 Å². The van der Waals surface area contributed by atoms with Crippen LogP contribution in [0.1, 0.15) is 0 Å². The van der Waals surface area contributed by atoms with Crippen molar-refractivity contribution in [1.29, 1.82) is 0 Å². The topological polar surface area (TPSA) is 9.86 Å². The first-order valence-corrected chi connectivity index (χ1v) is 19.7. The van der Waals surface area contributed by atoms with Crippen molar-refractivity contribution in [3.05, 3.63) is 194 Å². The number of rotatable bonds is 4. The van der Waals surface area contributed by atoms with Gasteiger partial charge in [-0.05, 0) is 106 Å². The van der Waals surface area contributed by atoms with E-state index in [9.17, 15) is 0 Å². The number of benzene rings is 9. The fourth-order valence-corrected chi connectivity index (χ4v) is 10.1. The lowest BCUT2D eigenvalue weighted by atomic mass is 9.98. The summed E-state index contributed by atoms with van der Waals surface area (Å²) in [6, 6.07) is 71.5. The molecule has 0 aliphatic heterocycles. The molecule has 256 valence electrons. The first-order chi connectivity index (χ1) is 27.3. The van der Waals surface area contributed by atoms with Gasteiger partial charge in [0.05, 0.1) is 22.1 Å². The molecule has 0 unspecified atom stereocenters. The lowest BCUT2D eigenvalue weighted by molar-refractivity contribution is 1.18. The van der Waals surface area contributed by atoms with Gasteiger partial charge in [0, 0.05) is 53.1 Å². The van der Waals surface area contributed by atoms with Crippen LogP contribution in [0.2, 0.25) is 0 Å². The molecule has 0 N–H and O–H groups in total.